The first-order valence-electron chi connectivity index (χ1n) is 10.7. The minimum absolute atomic E-state index is 0.0136. The van der Waals surface area contributed by atoms with Crippen molar-refractivity contribution >= 4 is 11.9 Å². The van der Waals surface area contributed by atoms with Crippen molar-refractivity contribution in [2.45, 2.75) is 38.6 Å². The number of nitrogens with one attached hydrogen (secondary N) is 1. The van der Waals surface area contributed by atoms with Crippen LogP contribution >= 0.6 is 0 Å². The van der Waals surface area contributed by atoms with Crippen LogP contribution in [0.25, 0.3) is 0 Å². The highest BCUT2D eigenvalue weighted by Crippen LogP contribution is 2.34. The van der Waals surface area contributed by atoms with Gasteiger partial charge in [-0.2, -0.15) is 0 Å². The lowest BCUT2D eigenvalue weighted by Gasteiger charge is -2.31. The average molecular weight is 426 g/mol. The molecule has 6 nitrogen and oxygen atoms in total. The van der Waals surface area contributed by atoms with Crippen molar-refractivity contribution in [2.75, 3.05) is 21.3 Å². The standard InChI is InChI=1S/C25H31NO5/c1-29-21-13-18(14-22(15-21)30-2)12-20-6-4-5-7-23(20)24(27)26-16-17-8-10-19(11-9-17)25(28)31-3/h8-11,13-15,20,23H,4-7,12,16H2,1-3H3,(H,26,27)/t20-,23-/m1/s1. The predicted molar refractivity (Wildman–Crippen MR) is 118 cm³/mol. The number of hydrogen-bond acceptors (Lipinski definition) is 5. The van der Waals surface area contributed by atoms with Crippen LogP contribution in [0.3, 0.4) is 0 Å². The number of esters is 1. The Morgan fingerprint density at radius 3 is 2.16 bits per heavy atom. The van der Waals surface area contributed by atoms with E-state index in [4.69, 9.17) is 14.2 Å². The molecule has 1 saturated carbocycles. The fourth-order valence-corrected chi connectivity index (χ4v) is 4.28. The van der Waals surface area contributed by atoms with Crippen molar-refractivity contribution in [2.24, 2.45) is 11.8 Å². The van der Waals surface area contributed by atoms with E-state index in [1.807, 2.05) is 30.3 Å². The second-order valence-corrected chi connectivity index (χ2v) is 7.98. The van der Waals surface area contributed by atoms with Crippen molar-refractivity contribution in [1.82, 2.24) is 5.32 Å². The van der Waals surface area contributed by atoms with Crippen LogP contribution in [0.4, 0.5) is 0 Å². The molecule has 0 saturated heterocycles. The molecule has 0 aliphatic heterocycles. The van der Waals surface area contributed by atoms with Crippen LogP contribution in [0, 0.1) is 11.8 Å². The Hall–Kier alpha value is -3.02. The smallest absolute Gasteiger partial charge is 0.337 e. The van der Waals surface area contributed by atoms with Crippen LogP contribution in [0.15, 0.2) is 42.5 Å². The molecule has 0 aromatic heterocycles. The summed E-state index contributed by atoms with van der Waals surface area (Å²) >= 11 is 0. The van der Waals surface area contributed by atoms with Crippen LogP contribution in [0.2, 0.25) is 0 Å². The van der Waals surface area contributed by atoms with Crippen molar-refractivity contribution < 1.29 is 23.8 Å². The fourth-order valence-electron chi connectivity index (χ4n) is 4.28. The molecule has 2 atom stereocenters. The molecule has 0 bridgehead atoms. The van der Waals surface area contributed by atoms with E-state index in [0.29, 0.717) is 12.1 Å². The molecule has 1 aliphatic carbocycles. The third-order valence-corrected chi connectivity index (χ3v) is 6.00. The molecule has 0 spiro atoms. The molecule has 3 rings (SSSR count). The van der Waals surface area contributed by atoms with Crippen molar-refractivity contribution in [1.29, 1.82) is 0 Å². The second-order valence-electron chi connectivity index (χ2n) is 7.98. The Balaban J connectivity index is 1.63. The van der Waals surface area contributed by atoms with Gasteiger partial charge in [0.15, 0.2) is 0 Å². The Labute approximate surface area is 183 Å². The van der Waals surface area contributed by atoms with Gasteiger partial charge in [-0.25, -0.2) is 4.79 Å². The molecule has 166 valence electrons. The molecule has 1 N–H and O–H groups in total. The summed E-state index contributed by atoms with van der Waals surface area (Å²) in [7, 11) is 4.65. The van der Waals surface area contributed by atoms with Gasteiger partial charge < -0.3 is 19.5 Å². The quantitative estimate of drug-likeness (QED) is 0.643. The highest BCUT2D eigenvalue weighted by atomic mass is 16.5. The first-order valence-corrected chi connectivity index (χ1v) is 10.7. The zero-order valence-electron chi connectivity index (χ0n) is 18.5. The molecule has 6 heteroatoms. The van der Waals surface area contributed by atoms with Gasteiger partial charge in [-0.3, -0.25) is 4.79 Å². The third-order valence-electron chi connectivity index (χ3n) is 6.00. The number of hydrogen-bond donors (Lipinski definition) is 1. The van der Waals surface area contributed by atoms with Gasteiger partial charge in [-0.15, -0.1) is 0 Å². The van der Waals surface area contributed by atoms with Gasteiger partial charge in [0.05, 0.1) is 26.9 Å². The van der Waals surface area contributed by atoms with Crippen molar-refractivity contribution in [3.05, 3.63) is 59.2 Å². The summed E-state index contributed by atoms with van der Waals surface area (Å²) in [4.78, 5) is 24.6. The Morgan fingerprint density at radius 1 is 0.903 bits per heavy atom. The molecule has 1 fully saturated rings. The first-order chi connectivity index (χ1) is 15.0. The van der Waals surface area contributed by atoms with E-state index in [2.05, 4.69) is 5.32 Å². The molecule has 1 aliphatic rings. The molecular weight excluding hydrogens is 394 g/mol. The monoisotopic (exact) mass is 425 g/mol. The Bertz CT molecular complexity index is 871. The number of ether oxygens (including phenoxy) is 3. The first kappa shape index (κ1) is 22.7. The highest BCUT2D eigenvalue weighted by Gasteiger charge is 2.31. The largest absolute Gasteiger partial charge is 0.497 e. The molecule has 2 aromatic rings. The number of carbonyl (C=O) groups is 2. The SMILES string of the molecule is COC(=O)c1ccc(CNC(=O)[C@@H]2CCCC[C@@H]2Cc2cc(OC)cc(OC)c2)cc1. The van der Waals surface area contributed by atoms with Crippen LogP contribution in [-0.4, -0.2) is 33.2 Å². The van der Waals surface area contributed by atoms with Gasteiger partial charge in [0.1, 0.15) is 11.5 Å². The van der Waals surface area contributed by atoms with Gasteiger partial charge in [-0.1, -0.05) is 25.0 Å². The maximum Gasteiger partial charge on any atom is 0.337 e. The lowest BCUT2D eigenvalue weighted by atomic mass is 9.75. The Kier molecular flexibility index (Phi) is 7.93. The maximum absolute atomic E-state index is 13.0. The van der Waals surface area contributed by atoms with Crippen LogP contribution in [0.5, 0.6) is 11.5 Å². The fraction of sp³-hybridized carbons (Fsp3) is 0.440. The zero-order valence-corrected chi connectivity index (χ0v) is 18.5. The van der Waals surface area contributed by atoms with Gasteiger partial charge >= 0.3 is 5.97 Å². The molecule has 1 amide bonds. The summed E-state index contributed by atoms with van der Waals surface area (Å²) in [6, 6.07) is 13.0. The minimum atomic E-state index is -0.366. The summed E-state index contributed by atoms with van der Waals surface area (Å²) in [6.45, 7) is 0.441. The lowest BCUT2D eigenvalue weighted by Crippen LogP contribution is -2.37. The summed E-state index contributed by atoms with van der Waals surface area (Å²) in [6.07, 6.45) is 4.97. The van der Waals surface area contributed by atoms with Crippen molar-refractivity contribution in [3.8, 4) is 11.5 Å². The number of carbonyl (C=O) groups excluding carboxylic acids is 2. The normalized spacial score (nSPS) is 18.2. The number of rotatable bonds is 8. The average Bonchev–Trinajstić information content (AvgIpc) is 2.82. The minimum Gasteiger partial charge on any atom is -0.497 e. The molecule has 31 heavy (non-hydrogen) atoms. The topological polar surface area (TPSA) is 73.9 Å². The number of amides is 1. The maximum atomic E-state index is 13.0. The predicted octanol–water partition coefficient (Wildman–Crippen LogP) is 4.16. The molecule has 0 radical (unpaired) electrons. The zero-order chi connectivity index (χ0) is 22.2. The lowest BCUT2D eigenvalue weighted by molar-refractivity contribution is -0.127. The summed E-state index contributed by atoms with van der Waals surface area (Å²) in [5, 5.41) is 3.09. The molecule has 2 aromatic carbocycles. The van der Waals surface area contributed by atoms with Crippen molar-refractivity contribution in [3.63, 3.8) is 0 Å². The molecule has 0 unspecified atom stereocenters. The van der Waals surface area contributed by atoms with E-state index >= 15 is 0 Å². The third kappa shape index (κ3) is 6.00. The van der Waals surface area contributed by atoms with E-state index in [1.165, 1.54) is 7.11 Å². The summed E-state index contributed by atoms with van der Waals surface area (Å²) in [5.41, 5.74) is 2.57. The van der Waals surface area contributed by atoms with Crippen LogP contribution in [0.1, 0.15) is 47.2 Å². The van der Waals surface area contributed by atoms with Gasteiger partial charge in [0.2, 0.25) is 5.91 Å². The summed E-state index contributed by atoms with van der Waals surface area (Å²) in [5.74, 6) is 1.53. The second kappa shape index (κ2) is 10.8. The van der Waals surface area contributed by atoms with E-state index in [-0.39, 0.29) is 23.7 Å². The summed E-state index contributed by atoms with van der Waals surface area (Å²) < 4.78 is 15.5. The van der Waals surface area contributed by atoms with Gasteiger partial charge in [-0.05, 0) is 60.6 Å². The van der Waals surface area contributed by atoms with Crippen LogP contribution < -0.4 is 14.8 Å². The van der Waals surface area contributed by atoms with Gasteiger partial charge in [0.25, 0.3) is 0 Å². The number of benzene rings is 2. The molecular formula is C25H31NO5. The highest BCUT2D eigenvalue weighted by molar-refractivity contribution is 5.89. The van der Waals surface area contributed by atoms with E-state index in [1.54, 1.807) is 26.4 Å². The van der Waals surface area contributed by atoms with E-state index < -0.39 is 0 Å². The van der Waals surface area contributed by atoms with E-state index in [0.717, 1.165) is 54.7 Å². The number of methoxy groups -OCH3 is 3. The van der Waals surface area contributed by atoms with Gasteiger partial charge in [0, 0.05) is 18.5 Å². The van der Waals surface area contributed by atoms with E-state index in [9.17, 15) is 9.59 Å². The Morgan fingerprint density at radius 2 is 1.55 bits per heavy atom. The molecule has 0 heterocycles. The van der Waals surface area contributed by atoms with Crippen LogP contribution in [-0.2, 0) is 22.5 Å².